The fourth-order valence-corrected chi connectivity index (χ4v) is 3.39. The molecule has 1 fully saturated rings. The van der Waals surface area contributed by atoms with Crippen molar-refractivity contribution >= 4 is 23.2 Å². The third kappa shape index (κ3) is 3.67. The first-order valence-corrected chi connectivity index (χ1v) is 8.50. The topological polar surface area (TPSA) is 23.6 Å². The second kappa shape index (κ2) is 7.10. The lowest BCUT2D eigenvalue weighted by Gasteiger charge is -2.39. The number of aryl methyl sites for hydroxylation is 1. The van der Waals surface area contributed by atoms with Gasteiger partial charge in [-0.1, -0.05) is 17.7 Å². The maximum atomic E-state index is 13.9. The summed E-state index contributed by atoms with van der Waals surface area (Å²) in [6.07, 6.45) is 0. The molecule has 1 aliphatic heterocycles. The summed E-state index contributed by atoms with van der Waals surface area (Å²) in [6, 6.07) is 8.58. The highest BCUT2D eigenvalue weighted by molar-refractivity contribution is 6.30. The molecule has 0 spiro atoms. The van der Waals surface area contributed by atoms with Gasteiger partial charge < -0.3 is 4.90 Å². The molecule has 1 heterocycles. The number of hydrogen-bond donors (Lipinski definition) is 0. The van der Waals surface area contributed by atoms with Crippen molar-refractivity contribution in [1.82, 2.24) is 4.90 Å². The number of hydrogen-bond acceptors (Lipinski definition) is 2. The summed E-state index contributed by atoms with van der Waals surface area (Å²) in [7, 11) is 0. The Bertz CT molecular complexity index is 812. The summed E-state index contributed by atoms with van der Waals surface area (Å²) in [5, 5.41) is 0.632. The number of rotatable bonds is 3. The van der Waals surface area contributed by atoms with Crippen molar-refractivity contribution in [3.05, 3.63) is 64.2 Å². The number of halogens is 3. The number of benzene rings is 2. The second-order valence-electron chi connectivity index (χ2n) is 6.30. The Morgan fingerprint density at radius 2 is 1.92 bits per heavy atom. The van der Waals surface area contributed by atoms with Crippen LogP contribution in [0.5, 0.6) is 0 Å². The van der Waals surface area contributed by atoms with Crippen LogP contribution in [0.2, 0.25) is 5.02 Å². The van der Waals surface area contributed by atoms with Crippen LogP contribution >= 0.6 is 11.6 Å². The zero-order chi connectivity index (χ0) is 18.1. The summed E-state index contributed by atoms with van der Waals surface area (Å²) >= 11 is 5.99. The average Bonchev–Trinajstić information content (AvgIpc) is 2.55. The minimum Gasteiger partial charge on any atom is -0.310 e. The first-order chi connectivity index (χ1) is 11.9. The lowest BCUT2D eigenvalue weighted by Crippen LogP contribution is -2.55. The Morgan fingerprint density at radius 1 is 1.16 bits per heavy atom. The van der Waals surface area contributed by atoms with Crippen LogP contribution in [0.3, 0.4) is 0 Å². The first kappa shape index (κ1) is 17.8. The summed E-state index contributed by atoms with van der Waals surface area (Å²) in [6.45, 7) is 5.10. The highest BCUT2D eigenvalue weighted by Gasteiger charge is 2.33. The fraction of sp³-hybridized carbons (Fsp3) is 0.316. The van der Waals surface area contributed by atoms with Crippen LogP contribution in [0.4, 0.5) is 14.5 Å². The number of piperazine rings is 1. The molecule has 0 saturated carbocycles. The number of nitrogens with zero attached hydrogens (tertiary/aromatic N) is 2. The Kier molecular flexibility index (Phi) is 5.06. The number of carbonyl (C=O) groups is 1. The Hall–Kier alpha value is -1.98. The zero-order valence-corrected chi connectivity index (χ0v) is 14.9. The van der Waals surface area contributed by atoms with Crippen LogP contribution in [-0.2, 0) is 11.3 Å². The minimum atomic E-state index is -0.603. The first-order valence-electron chi connectivity index (χ1n) is 8.12. The lowest BCUT2D eigenvalue weighted by atomic mass is 10.1. The van der Waals surface area contributed by atoms with Gasteiger partial charge in [0.1, 0.15) is 11.6 Å². The molecule has 0 bridgehead atoms. The normalized spacial score (nSPS) is 18.7. The molecule has 0 unspecified atom stereocenters. The van der Waals surface area contributed by atoms with Gasteiger partial charge in [0.15, 0.2) is 0 Å². The Balaban J connectivity index is 1.77. The Labute approximate surface area is 150 Å². The molecule has 0 N–H and O–H groups in total. The molecule has 1 atom stereocenters. The largest absolute Gasteiger partial charge is 0.310 e. The molecule has 0 radical (unpaired) electrons. The van der Waals surface area contributed by atoms with Gasteiger partial charge in [0.05, 0.1) is 6.04 Å². The number of amides is 1. The molecule has 0 aromatic heterocycles. The van der Waals surface area contributed by atoms with E-state index < -0.39 is 17.7 Å². The third-order valence-electron chi connectivity index (χ3n) is 4.62. The maximum Gasteiger partial charge on any atom is 0.244 e. The van der Waals surface area contributed by atoms with Crippen molar-refractivity contribution in [2.75, 3.05) is 18.0 Å². The highest BCUT2D eigenvalue weighted by atomic mass is 35.5. The summed E-state index contributed by atoms with van der Waals surface area (Å²) < 4.78 is 26.9. The predicted octanol–water partition coefficient (Wildman–Crippen LogP) is 4.16. The predicted molar refractivity (Wildman–Crippen MR) is 94.8 cm³/mol. The molecule has 2 aromatic rings. The van der Waals surface area contributed by atoms with E-state index in [0.29, 0.717) is 23.7 Å². The monoisotopic (exact) mass is 364 g/mol. The third-order valence-corrected chi connectivity index (χ3v) is 4.86. The van der Waals surface area contributed by atoms with Crippen LogP contribution in [0.15, 0.2) is 36.4 Å². The van der Waals surface area contributed by atoms with E-state index in [1.54, 1.807) is 17.9 Å². The lowest BCUT2D eigenvalue weighted by molar-refractivity contribution is -0.125. The molecule has 2 aromatic carbocycles. The Morgan fingerprint density at radius 3 is 2.60 bits per heavy atom. The molecule has 1 aliphatic rings. The van der Waals surface area contributed by atoms with Crippen molar-refractivity contribution in [2.45, 2.75) is 26.4 Å². The van der Waals surface area contributed by atoms with E-state index in [9.17, 15) is 13.6 Å². The number of anilines is 1. The quantitative estimate of drug-likeness (QED) is 0.816. The van der Waals surface area contributed by atoms with Crippen molar-refractivity contribution in [2.24, 2.45) is 0 Å². The molecule has 6 heteroatoms. The number of carbonyl (C=O) groups excluding carboxylic acids is 1. The van der Waals surface area contributed by atoms with E-state index in [0.717, 1.165) is 17.3 Å². The standard InChI is InChI=1S/C19H19ClF2N2O/c1-12-9-15(20)4-6-18(12)24-8-7-23(13(2)19(24)25)11-14-3-5-16(21)10-17(14)22/h3-6,9-10,13H,7-8,11H2,1-2H3/t13-/m0/s1. The summed E-state index contributed by atoms with van der Waals surface area (Å²) in [4.78, 5) is 16.4. The van der Waals surface area contributed by atoms with Crippen LogP contribution in [-0.4, -0.2) is 29.9 Å². The molecule has 3 nitrogen and oxygen atoms in total. The summed E-state index contributed by atoms with van der Waals surface area (Å²) in [5.41, 5.74) is 2.16. The SMILES string of the molecule is Cc1cc(Cl)ccc1N1CCN(Cc2ccc(F)cc2F)[C@@H](C)C1=O. The molecule has 25 heavy (non-hydrogen) atoms. The van der Waals surface area contributed by atoms with E-state index in [2.05, 4.69) is 0 Å². The molecular formula is C19H19ClF2N2O. The van der Waals surface area contributed by atoms with Crippen molar-refractivity contribution in [1.29, 1.82) is 0 Å². The van der Waals surface area contributed by atoms with Gasteiger partial charge in [-0.15, -0.1) is 0 Å². The molecule has 3 rings (SSSR count). The van der Waals surface area contributed by atoms with E-state index in [-0.39, 0.29) is 12.5 Å². The van der Waals surface area contributed by atoms with Crippen LogP contribution < -0.4 is 4.90 Å². The fourth-order valence-electron chi connectivity index (χ4n) is 3.16. The van der Waals surface area contributed by atoms with Crippen molar-refractivity contribution in [3.63, 3.8) is 0 Å². The molecule has 1 amide bonds. The minimum absolute atomic E-state index is 0.0424. The smallest absolute Gasteiger partial charge is 0.244 e. The van der Waals surface area contributed by atoms with Crippen molar-refractivity contribution < 1.29 is 13.6 Å². The second-order valence-corrected chi connectivity index (χ2v) is 6.74. The van der Waals surface area contributed by atoms with Gasteiger partial charge in [0.25, 0.3) is 0 Å². The van der Waals surface area contributed by atoms with Crippen LogP contribution in [0, 0.1) is 18.6 Å². The molecule has 1 saturated heterocycles. The van der Waals surface area contributed by atoms with E-state index >= 15 is 0 Å². The van der Waals surface area contributed by atoms with E-state index in [1.165, 1.54) is 12.1 Å². The average molecular weight is 365 g/mol. The van der Waals surface area contributed by atoms with E-state index in [4.69, 9.17) is 11.6 Å². The van der Waals surface area contributed by atoms with Gasteiger partial charge in [0.2, 0.25) is 5.91 Å². The van der Waals surface area contributed by atoms with Gasteiger partial charge in [-0.05, 0) is 43.7 Å². The molecule has 0 aliphatic carbocycles. The van der Waals surface area contributed by atoms with Crippen molar-refractivity contribution in [3.8, 4) is 0 Å². The van der Waals surface area contributed by atoms with Crippen LogP contribution in [0.25, 0.3) is 0 Å². The maximum absolute atomic E-state index is 13.9. The van der Waals surface area contributed by atoms with Crippen LogP contribution in [0.1, 0.15) is 18.1 Å². The van der Waals surface area contributed by atoms with Gasteiger partial charge in [-0.25, -0.2) is 8.78 Å². The van der Waals surface area contributed by atoms with E-state index in [1.807, 2.05) is 24.0 Å². The zero-order valence-electron chi connectivity index (χ0n) is 14.1. The van der Waals surface area contributed by atoms with Gasteiger partial charge >= 0.3 is 0 Å². The molecular weight excluding hydrogens is 346 g/mol. The van der Waals surface area contributed by atoms with Gasteiger partial charge in [-0.3, -0.25) is 9.69 Å². The highest BCUT2D eigenvalue weighted by Crippen LogP contribution is 2.27. The summed E-state index contributed by atoms with van der Waals surface area (Å²) in [5.74, 6) is -1.23. The molecule has 132 valence electrons. The van der Waals surface area contributed by atoms with Gasteiger partial charge in [-0.2, -0.15) is 0 Å². The van der Waals surface area contributed by atoms with Gasteiger partial charge in [0, 0.05) is 42.0 Å².